The molecule has 0 aliphatic heterocycles. The van der Waals surface area contributed by atoms with Gasteiger partial charge in [-0.3, -0.25) is 4.79 Å². The summed E-state index contributed by atoms with van der Waals surface area (Å²) in [5, 5.41) is 3.34. The molecule has 0 spiro atoms. The second-order valence-corrected chi connectivity index (χ2v) is 4.87. The van der Waals surface area contributed by atoms with Crippen molar-refractivity contribution >= 4 is 17.5 Å². The van der Waals surface area contributed by atoms with E-state index in [2.05, 4.69) is 11.9 Å². The van der Waals surface area contributed by atoms with Crippen LogP contribution in [0.1, 0.15) is 21.9 Å². The van der Waals surface area contributed by atoms with Crippen molar-refractivity contribution in [3.8, 4) is 5.75 Å². The van der Waals surface area contributed by atoms with E-state index >= 15 is 0 Å². The van der Waals surface area contributed by atoms with Gasteiger partial charge in [0.1, 0.15) is 18.1 Å². The maximum atomic E-state index is 11.7. The number of carbonyl (C=O) groups is 1. The first-order valence-electron chi connectivity index (χ1n) is 6.47. The van der Waals surface area contributed by atoms with Gasteiger partial charge in [0.25, 0.3) is 5.91 Å². The highest BCUT2D eigenvalue weighted by molar-refractivity contribution is 6.31. The van der Waals surface area contributed by atoms with Crippen LogP contribution in [0.5, 0.6) is 5.75 Å². The number of benzene rings is 1. The minimum Gasteiger partial charge on any atom is -0.486 e. The van der Waals surface area contributed by atoms with Gasteiger partial charge in [-0.15, -0.1) is 6.58 Å². The van der Waals surface area contributed by atoms with Gasteiger partial charge in [-0.1, -0.05) is 17.7 Å². The summed E-state index contributed by atoms with van der Waals surface area (Å²) in [7, 11) is 0. The molecule has 1 amide bonds. The number of furan rings is 1. The Morgan fingerprint density at radius 2 is 2.24 bits per heavy atom. The molecule has 2 aromatic rings. The summed E-state index contributed by atoms with van der Waals surface area (Å²) in [5.41, 5.74) is 0.943. The van der Waals surface area contributed by atoms with Crippen molar-refractivity contribution in [3.05, 3.63) is 65.1 Å². The largest absolute Gasteiger partial charge is 0.486 e. The van der Waals surface area contributed by atoms with E-state index in [1.807, 2.05) is 13.0 Å². The number of halogens is 1. The Morgan fingerprint density at radius 3 is 2.95 bits per heavy atom. The molecule has 1 heterocycles. The molecule has 1 N–H and O–H groups in total. The van der Waals surface area contributed by atoms with Gasteiger partial charge in [0, 0.05) is 11.6 Å². The number of amides is 1. The zero-order valence-electron chi connectivity index (χ0n) is 11.7. The number of hydrogen-bond acceptors (Lipinski definition) is 3. The van der Waals surface area contributed by atoms with Crippen LogP contribution in [0.2, 0.25) is 5.02 Å². The zero-order chi connectivity index (χ0) is 15.2. The van der Waals surface area contributed by atoms with Gasteiger partial charge in [0.05, 0.1) is 0 Å². The maximum Gasteiger partial charge on any atom is 0.287 e. The molecule has 0 fully saturated rings. The van der Waals surface area contributed by atoms with E-state index < -0.39 is 0 Å². The van der Waals surface area contributed by atoms with Crippen LogP contribution in [0, 0.1) is 6.92 Å². The molecule has 0 bridgehead atoms. The third-order valence-electron chi connectivity index (χ3n) is 2.80. The normalized spacial score (nSPS) is 10.2. The summed E-state index contributed by atoms with van der Waals surface area (Å²) in [6.45, 7) is 6.08. The highest BCUT2D eigenvalue weighted by Crippen LogP contribution is 2.22. The molecule has 0 saturated heterocycles. The summed E-state index contributed by atoms with van der Waals surface area (Å²) < 4.78 is 11.0. The molecule has 0 aliphatic rings. The number of hydrogen-bond donors (Lipinski definition) is 1. The minimum absolute atomic E-state index is 0.246. The molecular weight excluding hydrogens is 290 g/mol. The summed E-state index contributed by atoms with van der Waals surface area (Å²) >= 11 is 5.95. The third kappa shape index (κ3) is 4.13. The topological polar surface area (TPSA) is 51.5 Å². The average Bonchev–Trinajstić information content (AvgIpc) is 2.95. The molecule has 110 valence electrons. The van der Waals surface area contributed by atoms with Gasteiger partial charge in [-0.05, 0) is 42.8 Å². The van der Waals surface area contributed by atoms with Crippen LogP contribution in [0.4, 0.5) is 0 Å². The number of aryl methyl sites for hydroxylation is 1. The van der Waals surface area contributed by atoms with E-state index in [1.54, 1.807) is 30.3 Å². The Labute approximate surface area is 128 Å². The second-order valence-electron chi connectivity index (χ2n) is 4.46. The summed E-state index contributed by atoms with van der Waals surface area (Å²) in [6.07, 6.45) is 1.60. The van der Waals surface area contributed by atoms with Crippen LogP contribution >= 0.6 is 11.6 Å². The van der Waals surface area contributed by atoms with Crippen molar-refractivity contribution in [2.24, 2.45) is 0 Å². The first-order chi connectivity index (χ1) is 10.1. The van der Waals surface area contributed by atoms with Crippen LogP contribution in [-0.4, -0.2) is 12.5 Å². The summed E-state index contributed by atoms with van der Waals surface area (Å²) in [6, 6.07) is 8.75. The van der Waals surface area contributed by atoms with Crippen molar-refractivity contribution in [1.29, 1.82) is 0 Å². The standard InChI is InChI=1S/C16H16ClNO3/c1-3-8-18-16(19)15-7-5-13(21-15)10-20-12-4-6-14(17)11(2)9-12/h3-7,9H,1,8,10H2,2H3,(H,18,19). The first kappa shape index (κ1) is 15.2. The predicted octanol–water partition coefficient (Wildman–Crippen LogP) is 3.74. The second kappa shape index (κ2) is 6.99. The van der Waals surface area contributed by atoms with Crippen LogP contribution in [0.3, 0.4) is 0 Å². The lowest BCUT2D eigenvalue weighted by Crippen LogP contribution is -2.22. The zero-order valence-corrected chi connectivity index (χ0v) is 12.4. The molecule has 0 saturated carbocycles. The number of carbonyl (C=O) groups excluding carboxylic acids is 1. The number of rotatable bonds is 6. The Kier molecular flexibility index (Phi) is 5.06. The third-order valence-corrected chi connectivity index (χ3v) is 3.23. The van der Waals surface area contributed by atoms with Gasteiger partial charge in [0.2, 0.25) is 0 Å². The van der Waals surface area contributed by atoms with Crippen LogP contribution in [-0.2, 0) is 6.61 Å². The van der Waals surface area contributed by atoms with Crippen molar-refractivity contribution in [1.82, 2.24) is 5.32 Å². The molecule has 0 aliphatic carbocycles. The summed E-state index contributed by atoms with van der Waals surface area (Å²) in [4.78, 5) is 11.7. The quantitative estimate of drug-likeness (QED) is 0.827. The van der Waals surface area contributed by atoms with E-state index in [9.17, 15) is 4.79 Å². The Morgan fingerprint density at radius 1 is 1.43 bits per heavy atom. The van der Waals surface area contributed by atoms with Gasteiger partial charge >= 0.3 is 0 Å². The van der Waals surface area contributed by atoms with Crippen LogP contribution in [0.15, 0.2) is 47.4 Å². The fraction of sp³-hybridized carbons (Fsp3) is 0.188. The van der Waals surface area contributed by atoms with Crippen LogP contribution in [0.25, 0.3) is 0 Å². The Balaban J connectivity index is 1.94. The van der Waals surface area contributed by atoms with E-state index in [4.69, 9.17) is 20.8 Å². The highest BCUT2D eigenvalue weighted by Gasteiger charge is 2.10. The van der Waals surface area contributed by atoms with E-state index in [1.165, 1.54) is 0 Å². The lowest BCUT2D eigenvalue weighted by atomic mass is 10.2. The molecule has 1 aromatic carbocycles. The number of ether oxygens (including phenoxy) is 1. The Bertz CT molecular complexity index is 649. The Hall–Kier alpha value is -2.20. The number of nitrogens with one attached hydrogen (secondary N) is 1. The van der Waals surface area contributed by atoms with E-state index in [0.717, 1.165) is 5.56 Å². The van der Waals surface area contributed by atoms with Crippen LogP contribution < -0.4 is 10.1 Å². The van der Waals surface area contributed by atoms with Gasteiger partial charge in [0.15, 0.2) is 5.76 Å². The predicted molar refractivity (Wildman–Crippen MR) is 81.8 cm³/mol. The lowest BCUT2D eigenvalue weighted by molar-refractivity contribution is 0.0926. The summed E-state index contributed by atoms with van der Waals surface area (Å²) in [5.74, 6) is 1.25. The van der Waals surface area contributed by atoms with Gasteiger partial charge in [-0.2, -0.15) is 0 Å². The van der Waals surface area contributed by atoms with E-state index in [-0.39, 0.29) is 18.3 Å². The molecule has 21 heavy (non-hydrogen) atoms. The smallest absolute Gasteiger partial charge is 0.287 e. The lowest BCUT2D eigenvalue weighted by Gasteiger charge is -2.06. The molecule has 1 aromatic heterocycles. The molecular formula is C16H16ClNO3. The highest BCUT2D eigenvalue weighted by atomic mass is 35.5. The van der Waals surface area contributed by atoms with Crippen molar-refractivity contribution in [3.63, 3.8) is 0 Å². The minimum atomic E-state index is -0.275. The fourth-order valence-corrected chi connectivity index (χ4v) is 1.81. The first-order valence-corrected chi connectivity index (χ1v) is 6.84. The monoisotopic (exact) mass is 305 g/mol. The maximum absolute atomic E-state index is 11.7. The molecule has 0 atom stereocenters. The van der Waals surface area contributed by atoms with Crippen molar-refractivity contribution in [2.45, 2.75) is 13.5 Å². The van der Waals surface area contributed by atoms with Gasteiger partial charge < -0.3 is 14.5 Å². The van der Waals surface area contributed by atoms with Gasteiger partial charge in [-0.25, -0.2) is 0 Å². The molecule has 0 radical (unpaired) electrons. The molecule has 4 nitrogen and oxygen atoms in total. The van der Waals surface area contributed by atoms with E-state index in [0.29, 0.717) is 23.1 Å². The molecule has 2 rings (SSSR count). The fourth-order valence-electron chi connectivity index (χ4n) is 1.69. The molecule has 0 unspecified atom stereocenters. The average molecular weight is 306 g/mol. The van der Waals surface area contributed by atoms with Crippen molar-refractivity contribution < 1.29 is 13.9 Å². The molecule has 5 heteroatoms. The SMILES string of the molecule is C=CCNC(=O)c1ccc(COc2ccc(Cl)c(C)c2)o1. The van der Waals surface area contributed by atoms with Crippen molar-refractivity contribution in [2.75, 3.05) is 6.54 Å².